The number of aromatic amines is 1. The van der Waals surface area contributed by atoms with E-state index in [0.29, 0.717) is 5.11 Å². The van der Waals surface area contributed by atoms with Gasteiger partial charge in [0.25, 0.3) is 0 Å². The number of methoxy groups -OCH3 is 1. The van der Waals surface area contributed by atoms with Crippen LogP contribution < -0.4 is 15.0 Å². The average molecular weight is 350 g/mol. The molecule has 1 aliphatic heterocycles. The van der Waals surface area contributed by atoms with Crippen molar-refractivity contribution in [1.29, 1.82) is 0 Å². The molecule has 6 heteroatoms. The van der Waals surface area contributed by atoms with Gasteiger partial charge in [0.2, 0.25) is 0 Å². The third kappa shape index (κ3) is 2.85. The Labute approximate surface area is 151 Å². The normalized spacial score (nSPS) is 19.7. The summed E-state index contributed by atoms with van der Waals surface area (Å²) in [5.74, 6) is 0.798. The van der Waals surface area contributed by atoms with E-state index in [4.69, 9.17) is 17.0 Å². The van der Waals surface area contributed by atoms with E-state index in [1.807, 2.05) is 54.7 Å². The van der Waals surface area contributed by atoms with Crippen LogP contribution in [0.5, 0.6) is 5.75 Å². The van der Waals surface area contributed by atoms with Crippen LogP contribution >= 0.6 is 12.2 Å². The van der Waals surface area contributed by atoms with E-state index in [1.165, 1.54) is 0 Å². The summed E-state index contributed by atoms with van der Waals surface area (Å²) in [4.78, 5) is 9.97. The Bertz CT molecular complexity index is 866. The van der Waals surface area contributed by atoms with Gasteiger partial charge in [0.05, 0.1) is 18.8 Å². The Morgan fingerprint density at radius 1 is 1.12 bits per heavy atom. The minimum Gasteiger partial charge on any atom is -0.497 e. The van der Waals surface area contributed by atoms with Crippen LogP contribution in [0.25, 0.3) is 0 Å². The van der Waals surface area contributed by atoms with Gasteiger partial charge >= 0.3 is 0 Å². The maximum absolute atomic E-state index is 5.66. The Balaban J connectivity index is 1.80. The maximum Gasteiger partial charge on any atom is 0.174 e. The van der Waals surface area contributed by atoms with Crippen LogP contribution in [0.4, 0.5) is 5.69 Å². The molecule has 1 aromatic carbocycles. The van der Waals surface area contributed by atoms with Crippen molar-refractivity contribution < 1.29 is 4.74 Å². The molecule has 1 saturated heterocycles. The lowest BCUT2D eigenvalue weighted by atomic mass is 10.0. The molecule has 2 atom stereocenters. The Morgan fingerprint density at radius 2 is 2.04 bits per heavy atom. The number of hydrogen-bond donors (Lipinski definition) is 2. The Kier molecular flexibility index (Phi) is 4.11. The molecule has 0 saturated carbocycles. The van der Waals surface area contributed by atoms with Crippen molar-refractivity contribution in [2.45, 2.75) is 12.1 Å². The fourth-order valence-corrected chi connectivity index (χ4v) is 3.58. The van der Waals surface area contributed by atoms with Gasteiger partial charge in [-0.05, 0) is 48.6 Å². The summed E-state index contributed by atoms with van der Waals surface area (Å²) < 4.78 is 5.38. The molecule has 1 aliphatic rings. The van der Waals surface area contributed by atoms with Gasteiger partial charge in [0.15, 0.2) is 5.11 Å². The van der Waals surface area contributed by atoms with Gasteiger partial charge < -0.3 is 19.9 Å². The predicted molar refractivity (Wildman–Crippen MR) is 102 cm³/mol. The minimum atomic E-state index is -0.0430. The molecule has 1 fully saturated rings. The van der Waals surface area contributed by atoms with E-state index in [9.17, 15) is 0 Å². The number of thiocarbonyl (C=S) groups is 1. The lowest BCUT2D eigenvalue weighted by Crippen LogP contribution is -2.29. The monoisotopic (exact) mass is 350 g/mol. The first-order chi connectivity index (χ1) is 12.3. The number of nitrogens with zero attached hydrogens (tertiary/aromatic N) is 2. The van der Waals surface area contributed by atoms with Crippen LogP contribution in [-0.4, -0.2) is 22.2 Å². The average Bonchev–Trinajstić information content (AvgIpc) is 3.30. The fraction of sp³-hybridized carbons (Fsp3) is 0.158. The number of nitrogens with one attached hydrogen (secondary N) is 2. The third-order valence-corrected chi connectivity index (χ3v) is 4.68. The molecular formula is C19H18N4OS. The molecule has 0 spiro atoms. The standard InChI is InChI=1S/C19H18N4OS/c1-24-14-7-4-6-13(12-14)23-18(16-9-5-11-21-16)17(22-19(23)25)15-8-2-3-10-20-15/h2-12,17-18,21H,1H3,(H,22,25)/t17-,18-/m0/s1. The first-order valence-electron chi connectivity index (χ1n) is 8.06. The second kappa shape index (κ2) is 6.57. The number of anilines is 1. The molecule has 0 bridgehead atoms. The SMILES string of the molecule is COc1cccc(N2C(=S)N[C@@H](c3ccccn3)[C@@H]2c2ccc[nH]2)c1. The van der Waals surface area contributed by atoms with Gasteiger partial charge in [-0.1, -0.05) is 12.1 Å². The molecule has 0 unspecified atom stereocenters. The number of H-pyrrole nitrogens is 1. The highest BCUT2D eigenvalue weighted by atomic mass is 32.1. The van der Waals surface area contributed by atoms with Crippen LogP contribution in [0.1, 0.15) is 23.5 Å². The molecule has 3 heterocycles. The zero-order valence-electron chi connectivity index (χ0n) is 13.7. The molecule has 0 aliphatic carbocycles. The van der Waals surface area contributed by atoms with Crippen molar-refractivity contribution in [2.24, 2.45) is 0 Å². The number of aromatic nitrogens is 2. The highest BCUT2D eigenvalue weighted by molar-refractivity contribution is 7.80. The zero-order valence-corrected chi connectivity index (χ0v) is 14.5. The van der Waals surface area contributed by atoms with Gasteiger partial charge in [0.1, 0.15) is 11.8 Å². The highest BCUT2D eigenvalue weighted by Gasteiger charge is 2.41. The second-order valence-electron chi connectivity index (χ2n) is 5.82. The van der Waals surface area contributed by atoms with Gasteiger partial charge in [-0.25, -0.2) is 0 Å². The van der Waals surface area contributed by atoms with Gasteiger partial charge in [0, 0.05) is 29.8 Å². The second-order valence-corrected chi connectivity index (χ2v) is 6.21. The minimum absolute atomic E-state index is 0.0236. The number of rotatable bonds is 4. The fourth-order valence-electron chi connectivity index (χ4n) is 3.24. The summed E-state index contributed by atoms with van der Waals surface area (Å²) in [5, 5.41) is 4.10. The van der Waals surface area contributed by atoms with Crippen LogP contribution in [0.2, 0.25) is 0 Å². The van der Waals surface area contributed by atoms with Crippen molar-refractivity contribution in [2.75, 3.05) is 12.0 Å². The molecule has 126 valence electrons. The van der Waals surface area contributed by atoms with Crippen LogP contribution in [0, 0.1) is 0 Å². The molecule has 5 nitrogen and oxygen atoms in total. The van der Waals surface area contributed by atoms with Crippen molar-refractivity contribution >= 4 is 23.0 Å². The third-order valence-electron chi connectivity index (χ3n) is 4.37. The summed E-state index contributed by atoms with van der Waals surface area (Å²) in [6.07, 6.45) is 3.73. The topological polar surface area (TPSA) is 53.2 Å². The summed E-state index contributed by atoms with van der Waals surface area (Å²) in [7, 11) is 1.67. The van der Waals surface area contributed by atoms with Crippen molar-refractivity contribution in [3.63, 3.8) is 0 Å². The van der Waals surface area contributed by atoms with Crippen LogP contribution in [-0.2, 0) is 0 Å². The highest BCUT2D eigenvalue weighted by Crippen LogP contribution is 2.41. The molecular weight excluding hydrogens is 332 g/mol. The van der Waals surface area contributed by atoms with E-state index in [0.717, 1.165) is 22.8 Å². The molecule has 0 radical (unpaired) electrons. The number of hydrogen-bond acceptors (Lipinski definition) is 3. The van der Waals surface area contributed by atoms with E-state index in [1.54, 1.807) is 13.3 Å². The first-order valence-corrected chi connectivity index (χ1v) is 8.47. The van der Waals surface area contributed by atoms with E-state index in [-0.39, 0.29) is 12.1 Å². The van der Waals surface area contributed by atoms with Crippen LogP contribution in [0.3, 0.4) is 0 Å². The van der Waals surface area contributed by atoms with Gasteiger partial charge in [-0.3, -0.25) is 4.98 Å². The van der Waals surface area contributed by atoms with E-state index < -0.39 is 0 Å². The smallest absolute Gasteiger partial charge is 0.174 e. The van der Waals surface area contributed by atoms with Gasteiger partial charge in [-0.15, -0.1) is 0 Å². The maximum atomic E-state index is 5.66. The summed E-state index contributed by atoms with van der Waals surface area (Å²) in [6.45, 7) is 0. The molecule has 2 aromatic heterocycles. The molecule has 0 amide bonds. The molecule has 25 heavy (non-hydrogen) atoms. The molecule has 2 N–H and O–H groups in total. The summed E-state index contributed by atoms with van der Waals surface area (Å²) in [5.41, 5.74) is 3.01. The summed E-state index contributed by atoms with van der Waals surface area (Å²) >= 11 is 5.66. The quantitative estimate of drug-likeness (QED) is 0.704. The van der Waals surface area contributed by atoms with E-state index in [2.05, 4.69) is 26.3 Å². The number of pyridine rings is 1. The van der Waals surface area contributed by atoms with Gasteiger partial charge in [-0.2, -0.15) is 0 Å². The van der Waals surface area contributed by atoms with Crippen molar-refractivity contribution in [1.82, 2.24) is 15.3 Å². The largest absolute Gasteiger partial charge is 0.497 e. The lowest BCUT2D eigenvalue weighted by Gasteiger charge is -2.27. The van der Waals surface area contributed by atoms with Crippen molar-refractivity contribution in [3.8, 4) is 5.75 Å². The number of benzene rings is 1. The lowest BCUT2D eigenvalue weighted by molar-refractivity contribution is 0.414. The summed E-state index contributed by atoms with van der Waals surface area (Å²) in [6, 6.07) is 17.9. The number of ether oxygens (including phenoxy) is 1. The zero-order chi connectivity index (χ0) is 17.2. The Morgan fingerprint density at radius 3 is 2.76 bits per heavy atom. The predicted octanol–water partition coefficient (Wildman–Crippen LogP) is 3.60. The molecule has 3 aromatic rings. The first kappa shape index (κ1) is 15.7. The van der Waals surface area contributed by atoms with Crippen LogP contribution in [0.15, 0.2) is 67.0 Å². The van der Waals surface area contributed by atoms with E-state index >= 15 is 0 Å². The Hall–Kier alpha value is -2.86. The van der Waals surface area contributed by atoms with Crippen molar-refractivity contribution in [3.05, 3.63) is 78.4 Å². The molecule has 4 rings (SSSR count).